The molecule has 0 spiro atoms. The van der Waals surface area contributed by atoms with E-state index in [4.69, 9.17) is 0 Å². The first-order valence-corrected chi connectivity index (χ1v) is 7.05. The van der Waals surface area contributed by atoms with Gasteiger partial charge in [0.1, 0.15) is 0 Å². The van der Waals surface area contributed by atoms with Crippen molar-refractivity contribution >= 4 is 0 Å². The molecule has 0 fully saturated rings. The first kappa shape index (κ1) is 13.8. The average molecular weight is 253 g/mol. The van der Waals surface area contributed by atoms with E-state index < -0.39 is 0 Å². The topological polar surface area (TPSA) is 12.0 Å². The lowest BCUT2D eigenvalue weighted by Gasteiger charge is -2.21. The monoisotopic (exact) mass is 253 g/mol. The third-order valence-corrected chi connectivity index (χ3v) is 3.54. The zero-order valence-electron chi connectivity index (χ0n) is 12.1. The van der Waals surface area contributed by atoms with Gasteiger partial charge in [0, 0.05) is 6.04 Å². The molecular weight excluding hydrogens is 230 g/mol. The lowest BCUT2D eigenvalue weighted by Crippen LogP contribution is -2.23. The molecule has 2 rings (SSSR count). The van der Waals surface area contributed by atoms with Crippen molar-refractivity contribution in [3.8, 4) is 0 Å². The molecule has 100 valence electrons. The maximum absolute atomic E-state index is 3.62. The Bertz CT molecular complexity index is 516. The maximum Gasteiger partial charge on any atom is 0.0363 e. The van der Waals surface area contributed by atoms with Crippen LogP contribution in [0.3, 0.4) is 0 Å². The molecule has 0 aromatic heterocycles. The Balaban J connectivity index is 2.27. The molecule has 1 atom stereocenters. The Kier molecular flexibility index (Phi) is 4.75. The van der Waals surface area contributed by atoms with Gasteiger partial charge in [0.2, 0.25) is 0 Å². The Labute approximate surface area is 116 Å². The van der Waals surface area contributed by atoms with E-state index in [0.717, 1.165) is 13.0 Å². The van der Waals surface area contributed by atoms with Crippen LogP contribution in [-0.2, 0) is 6.42 Å². The summed E-state index contributed by atoms with van der Waals surface area (Å²) in [6.07, 6.45) is 1.04. The standard InChI is InChI=1S/C18H23N/c1-4-19-18(13-16-8-6-5-7-9-16)17-12-14(2)10-11-15(17)3/h5-12,18-19H,4,13H2,1-3H3. The van der Waals surface area contributed by atoms with Crippen molar-refractivity contribution < 1.29 is 0 Å². The number of nitrogens with one attached hydrogen (secondary N) is 1. The fraction of sp³-hybridized carbons (Fsp3) is 0.333. The molecule has 1 unspecified atom stereocenters. The van der Waals surface area contributed by atoms with Gasteiger partial charge in [-0.2, -0.15) is 0 Å². The molecule has 0 aliphatic rings. The minimum Gasteiger partial charge on any atom is -0.310 e. The van der Waals surface area contributed by atoms with Gasteiger partial charge in [-0.05, 0) is 43.5 Å². The van der Waals surface area contributed by atoms with Gasteiger partial charge < -0.3 is 5.32 Å². The van der Waals surface area contributed by atoms with E-state index in [1.54, 1.807) is 0 Å². The van der Waals surface area contributed by atoms with Crippen molar-refractivity contribution in [1.29, 1.82) is 0 Å². The molecule has 0 amide bonds. The molecule has 0 heterocycles. The molecule has 2 aromatic carbocycles. The van der Waals surface area contributed by atoms with E-state index in [-0.39, 0.29) is 0 Å². The highest BCUT2D eigenvalue weighted by atomic mass is 14.9. The van der Waals surface area contributed by atoms with Gasteiger partial charge in [0.25, 0.3) is 0 Å². The molecule has 0 aliphatic carbocycles. The third kappa shape index (κ3) is 3.68. The van der Waals surface area contributed by atoms with Crippen LogP contribution in [-0.4, -0.2) is 6.54 Å². The Morgan fingerprint density at radius 3 is 2.42 bits per heavy atom. The van der Waals surface area contributed by atoms with Gasteiger partial charge in [-0.1, -0.05) is 61.0 Å². The summed E-state index contributed by atoms with van der Waals surface area (Å²) in [6, 6.07) is 17.8. The first-order chi connectivity index (χ1) is 9.20. The predicted octanol–water partition coefficient (Wildman–Crippen LogP) is 4.20. The molecule has 0 aliphatic heterocycles. The summed E-state index contributed by atoms with van der Waals surface area (Å²) in [5.74, 6) is 0. The summed E-state index contributed by atoms with van der Waals surface area (Å²) >= 11 is 0. The SMILES string of the molecule is CCNC(Cc1ccccc1)c1cc(C)ccc1C. The Morgan fingerprint density at radius 2 is 1.74 bits per heavy atom. The van der Waals surface area contributed by atoms with Crippen LogP contribution in [0.2, 0.25) is 0 Å². The lowest BCUT2D eigenvalue weighted by atomic mass is 9.94. The zero-order chi connectivity index (χ0) is 13.7. The van der Waals surface area contributed by atoms with E-state index in [1.807, 2.05) is 0 Å². The van der Waals surface area contributed by atoms with Crippen molar-refractivity contribution in [2.24, 2.45) is 0 Å². The second-order valence-electron chi connectivity index (χ2n) is 5.16. The predicted molar refractivity (Wildman–Crippen MR) is 82.5 cm³/mol. The highest BCUT2D eigenvalue weighted by Crippen LogP contribution is 2.23. The van der Waals surface area contributed by atoms with E-state index in [2.05, 4.69) is 74.6 Å². The molecular formula is C18H23N. The van der Waals surface area contributed by atoms with Crippen molar-refractivity contribution in [3.05, 3.63) is 70.8 Å². The van der Waals surface area contributed by atoms with Crippen molar-refractivity contribution in [3.63, 3.8) is 0 Å². The molecule has 1 nitrogen and oxygen atoms in total. The van der Waals surface area contributed by atoms with Crippen LogP contribution in [0.15, 0.2) is 48.5 Å². The zero-order valence-corrected chi connectivity index (χ0v) is 12.1. The minimum absolute atomic E-state index is 0.396. The van der Waals surface area contributed by atoms with Crippen LogP contribution in [0.4, 0.5) is 0 Å². The molecule has 19 heavy (non-hydrogen) atoms. The van der Waals surface area contributed by atoms with Gasteiger partial charge >= 0.3 is 0 Å². The molecule has 2 aromatic rings. The molecule has 0 radical (unpaired) electrons. The molecule has 1 N–H and O–H groups in total. The van der Waals surface area contributed by atoms with Crippen molar-refractivity contribution in [2.45, 2.75) is 33.2 Å². The summed E-state index contributed by atoms with van der Waals surface area (Å²) in [6.45, 7) is 7.52. The van der Waals surface area contributed by atoms with Crippen LogP contribution < -0.4 is 5.32 Å². The van der Waals surface area contributed by atoms with Gasteiger partial charge in [-0.3, -0.25) is 0 Å². The summed E-state index contributed by atoms with van der Waals surface area (Å²) in [5.41, 5.74) is 5.50. The summed E-state index contributed by atoms with van der Waals surface area (Å²) in [4.78, 5) is 0. The van der Waals surface area contributed by atoms with Gasteiger partial charge in [-0.15, -0.1) is 0 Å². The van der Waals surface area contributed by atoms with Crippen LogP contribution in [0, 0.1) is 13.8 Å². The van der Waals surface area contributed by atoms with E-state index in [0.29, 0.717) is 6.04 Å². The number of hydrogen-bond acceptors (Lipinski definition) is 1. The van der Waals surface area contributed by atoms with Crippen molar-refractivity contribution in [2.75, 3.05) is 6.54 Å². The van der Waals surface area contributed by atoms with Crippen LogP contribution in [0.5, 0.6) is 0 Å². The Morgan fingerprint density at radius 1 is 1.00 bits per heavy atom. The second-order valence-corrected chi connectivity index (χ2v) is 5.16. The van der Waals surface area contributed by atoms with Gasteiger partial charge in [0.15, 0.2) is 0 Å². The smallest absolute Gasteiger partial charge is 0.0363 e. The van der Waals surface area contributed by atoms with Gasteiger partial charge in [0.05, 0.1) is 0 Å². The summed E-state index contributed by atoms with van der Waals surface area (Å²) in [5, 5.41) is 3.62. The number of hydrogen-bond donors (Lipinski definition) is 1. The molecule has 0 bridgehead atoms. The average Bonchev–Trinajstić information content (AvgIpc) is 2.42. The fourth-order valence-corrected chi connectivity index (χ4v) is 2.52. The number of benzene rings is 2. The van der Waals surface area contributed by atoms with E-state index in [1.165, 1.54) is 22.3 Å². The highest BCUT2D eigenvalue weighted by Gasteiger charge is 2.13. The van der Waals surface area contributed by atoms with E-state index >= 15 is 0 Å². The second kappa shape index (κ2) is 6.53. The maximum atomic E-state index is 3.62. The summed E-state index contributed by atoms with van der Waals surface area (Å²) < 4.78 is 0. The van der Waals surface area contributed by atoms with Gasteiger partial charge in [-0.25, -0.2) is 0 Å². The third-order valence-electron chi connectivity index (χ3n) is 3.54. The van der Waals surface area contributed by atoms with Crippen LogP contribution in [0.1, 0.15) is 35.2 Å². The molecule has 0 saturated carbocycles. The largest absolute Gasteiger partial charge is 0.310 e. The molecule has 0 saturated heterocycles. The lowest BCUT2D eigenvalue weighted by molar-refractivity contribution is 0.547. The highest BCUT2D eigenvalue weighted by molar-refractivity contribution is 5.34. The number of likely N-dealkylation sites (N-methyl/N-ethyl adjacent to an activating group) is 1. The summed E-state index contributed by atoms with van der Waals surface area (Å²) in [7, 11) is 0. The number of aryl methyl sites for hydroxylation is 2. The van der Waals surface area contributed by atoms with Crippen LogP contribution >= 0.6 is 0 Å². The number of rotatable bonds is 5. The molecule has 1 heteroatoms. The quantitative estimate of drug-likeness (QED) is 0.842. The van der Waals surface area contributed by atoms with E-state index in [9.17, 15) is 0 Å². The van der Waals surface area contributed by atoms with Crippen molar-refractivity contribution in [1.82, 2.24) is 5.32 Å². The normalized spacial score (nSPS) is 12.4. The Hall–Kier alpha value is -1.60. The fourth-order valence-electron chi connectivity index (χ4n) is 2.52. The van der Waals surface area contributed by atoms with Crippen LogP contribution in [0.25, 0.3) is 0 Å². The minimum atomic E-state index is 0.396. The first-order valence-electron chi connectivity index (χ1n) is 7.05.